The van der Waals surface area contributed by atoms with Crippen LogP contribution in [0.3, 0.4) is 0 Å². The Bertz CT molecular complexity index is 1570. The second-order valence-electron chi connectivity index (χ2n) is 8.30. The molecule has 2 aromatic carbocycles. The molecule has 0 aliphatic rings. The van der Waals surface area contributed by atoms with Crippen LogP contribution in [0.1, 0.15) is 0 Å². The van der Waals surface area contributed by atoms with Crippen LogP contribution in [0, 0.1) is 0 Å². The molecule has 0 unspecified atom stereocenters. The molecule has 0 atom stereocenters. The van der Waals surface area contributed by atoms with Crippen molar-refractivity contribution in [3.8, 4) is 56.8 Å². The number of benzene rings is 2. The van der Waals surface area contributed by atoms with Gasteiger partial charge in [0.05, 0.1) is 38.0 Å². The summed E-state index contributed by atoms with van der Waals surface area (Å²) in [6.45, 7) is 0. The van der Waals surface area contributed by atoms with Crippen molar-refractivity contribution in [3.63, 3.8) is 0 Å². The van der Waals surface area contributed by atoms with Crippen molar-refractivity contribution in [2.75, 3.05) is 14.2 Å². The molecule has 4 heterocycles. The summed E-state index contributed by atoms with van der Waals surface area (Å²) in [6, 6.07) is 23.2. The molecule has 0 amide bonds. The normalized spacial score (nSPS) is 10.9. The van der Waals surface area contributed by atoms with E-state index >= 15 is 0 Å². The van der Waals surface area contributed by atoms with Crippen molar-refractivity contribution >= 4 is 0 Å². The molecule has 6 aromatic rings. The topological polar surface area (TPSA) is 106 Å². The van der Waals surface area contributed by atoms with E-state index in [-0.39, 0.29) is 0 Å². The van der Waals surface area contributed by atoms with Crippen molar-refractivity contribution in [1.82, 2.24) is 40.0 Å². The summed E-state index contributed by atoms with van der Waals surface area (Å²) in [6.07, 6.45) is 7.11. The predicted molar refractivity (Wildman–Crippen MR) is 141 cm³/mol. The Morgan fingerprint density at radius 2 is 1.03 bits per heavy atom. The molecule has 0 radical (unpaired) electrons. The van der Waals surface area contributed by atoms with Gasteiger partial charge in [0, 0.05) is 12.4 Å². The van der Waals surface area contributed by atoms with Gasteiger partial charge in [-0.2, -0.15) is 0 Å². The van der Waals surface area contributed by atoms with Gasteiger partial charge in [-0.3, -0.25) is 9.97 Å². The Kier molecular flexibility index (Phi) is 6.03. The molecule has 6 rings (SSSR count). The highest BCUT2D eigenvalue weighted by Gasteiger charge is 2.15. The molecule has 0 saturated carbocycles. The van der Waals surface area contributed by atoms with Gasteiger partial charge >= 0.3 is 0 Å². The van der Waals surface area contributed by atoms with Crippen LogP contribution in [0.2, 0.25) is 0 Å². The molecule has 0 spiro atoms. The quantitative estimate of drug-likeness (QED) is 0.310. The maximum absolute atomic E-state index is 5.71. The first-order valence-corrected chi connectivity index (χ1v) is 11.8. The Hall–Kier alpha value is -5.38. The van der Waals surface area contributed by atoms with E-state index in [0.29, 0.717) is 22.9 Å². The minimum absolute atomic E-state index is 0.652. The van der Waals surface area contributed by atoms with E-state index in [4.69, 9.17) is 9.47 Å². The first-order chi connectivity index (χ1) is 18.7. The smallest absolute Gasteiger partial charge is 0.145 e. The van der Waals surface area contributed by atoms with Gasteiger partial charge in [-0.25, -0.2) is 9.36 Å². The molecule has 186 valence electrons. The lowest BCUT2D eigenvalue weighted by atomic mass is 10.0. The highest BCUT2D eigenvalue weighted by Crippen LogP contribution is 2.34. The number of ether oxygens (including phenoxy) is 2. The highest BCUT2D eigenvalue weighted by molar-refractivity contribution is 5.72. The zero-order valence-corrected chi connectivity index (χ0v) is 20.6. The molecule has 0 aliphatic carbocycles. The van der Waals surface area contributed by atoms with Crippen LogP contribution in [0.25, 0.3) is 45.3 Å². The van der Waals surface area contributed by atoms with E-state index in [1.54, 1.807) is 36.0 Å². The molecule has 0 N–H and O–H groups in total. The van der Waals surface area contributed by atoms with Gasteiger partial charge < -0.3 is 9.47 Å². The number of hydrogen-bond donors (Lipinski definition) is 0. The fourth-order valence-corrected chi connectivity index (χ4v) is 4.12. The lowest BCUT2D eigenvalue weighted by Crippen LogP contribution is -2.00. The zero-order valence-electron chi connectivity index (χ0n) is 20.6. The molecule has 4 aromatic heterocycles. The molecule has 0 saturated heterocycles. The van der Waals surface area contributed by atoms with Gasteiger partial charge in [-0.15, -0.1) is 10.2 Å². The molecule has 0 fully saturated rings. The molecule has 10 nitrogen and oxygen atoms in total. The minimum Gasteiger partial charge on any atom is -0.494 e. The second-order valence-corrected chi connectivity index (χ2v) is 8.30. The van der Waals surface area contributed by atoms with Crippen LogP contribution in [0.15, 0.2) is 97.6 Å². The summed E-state index contributed by atoms with van der Waals surface area (Å²) in [7, 11) is 3.26. The van der Waals surface area contributed by atoms with E-state index in [9.17, 15) is 0 Å². The van der Waals surface area contributed by atoms with Crippen molar-refractivity contribution in [1.29, 1.82) is 0 Å². The van der Waals surface area contributed by atoms with Crippen molar-refractivity contribution in [3.05, 3.63) is 97.6 Å². The van der Waals surface area contributed by atoms with Crippen molar-refractivity contribution < 1.29 is 9.47 Å². The van der Waals surface area contributed by atoms with Crippen LogP contribution >= 0.6 is 0 Å². The fourth-order valence-electron chi connectivity index (χ4n) is 4.12. The zero-order chi connectivity index (χ0) is 25.9. The highest BCUT2D eigenvalue weighted by atomic mass is 16.5. The third kappa shape index (κ3) is 4.35. The maximum Gasteiger partial charge on any atom is 0.145 e. The Morgan fingerprint density at radius 3 is 1.42 bits per heavy atom. The third-order valence-electron chi connectivity index (χ3n) is 6.03. The van der Waals surface area contributed by atoms with Crippen LogP contribution < -0.4 is 9.47 Å². The Labute approximate surface area is 218 Å². The van der Waals surface area contributed by atoms with E-state index in [1.165, 1.54) is 0 Å². The number of nitrogens with zero attached hydrogens (tertiary/aromatic N) is 8. The van der Waals surface area contributed by atoms with Gasteiger partial charge in [-0.05, 0) is 59.7 Å². The molecular weight excluding hydrogens is 480 g/mol. The van der Waals surface area contributed by atoms with E-state index < -0.39 is 0 Å². The number of aromatic nitrogens is 8. The average Bonchev–Trinajstić information content (AvgIpc) is 3.68. The Morgan fingerprint density at radius 1 is 0.553 bits per heavy atom. The maximum atomic E-state index is 5.71. The molecule has 38 heavy (non-hydrogen) atoms. The number of pyridine rings is 2. The van der Waals surface area contributed by atoms with Crippen LogP contribution in [-0.2, 0) is 0 Å². The summed E-state index contributed by atoms with van der Waals surface area (Å²) in [5.41, 5.74) is 6.29. The molecule has 0 bridgehead atoms. The monoisotopic (exact) mass is 502 g/mol. The van der Waals surface area contributed by atoms with Gasteiger partial charge in [0.1, 0.15) is 34.3 Å². The van der Waals surface area contributed by atoms with Crippen LogP contribution in [-0.4, -0.2) is 54.2 Å². The fraction of sp³-hybridized carbons (Fsp3) is 0.0714. The van der Waals surface area contributed by atoms with E-state index in [1.807, 2.05) is 85.2 Å². The van der Waals surface area contributed by atoms with Gasteiger partial charge in [0.25, 0.3) is 0 Å². The van der Waals surface area contributed by atoms with Gasteiger partial charge in [-0.1, -0.05) is 34.7 Å². The summed E-state index contributed by atoms with van der Waals surface area (Å²) < 4.78 is 14.8. The SMILES string of the molecule is COc1cc(-c2ccc(-n3cc(-c4ccccn4)nn3)c(OC)c2)ccc1-n1cc(-c2ccccn2)nn1. The number of hydrogen-bond acceptors (Lipinski definition) is 8. The summed E-state index contributed by atoms with van der Waals surface area (Å²) in [4.78, 5) is 8.68. The Balaban J connectivity index is 1.31. The van der Waals surface area contributed by atoms with E-state index in [0.717, 1.165) is 33.9 Å². The van der Waals surface area contributed by atoms with Gasteiger partial charge in [0.15, 0.2) is 0 Å². The summed E-state index contributed by atoms with van der Waals surface area (Å²) in [5, 5.41) is 17.1. The third-order valence-corrected chi connectivity index (χ3v) is 6.03. The standard InChI is InChI=1S/C28H22N8O2/c1-37-27-15-19(9-11-25(27)35-17-23(31-33-35)21-7-3-5-13-29-21)20-10-12-26(28(16-20)38-2)36-18-24(32-34-36)22-8-4-6-14-30-22/h3-18H,1-2H3. The number of methoxy groups -OCH3 is 2. The number of rotatable bonds is 7. The van der Waals surface area contributed by atoms with E-state index in [2.05, 4.69) is 30.6 Å². The minimum atomic E-state index is 0.652. The lowest BCUT2D eigenvalue weighted by molar-refractivity contribution is 0.411. The van der Waals surface area contributed by atoms with Crippen LogP contribution in [0.5, 0.6) is 11.5 Å². The predicted octanol–water partition coefficient (Wildman–Crippen LogP) is 4.66. The second kappa shape index (κ2) is 9.94. The van der Waals surface area contributed by atoms with Crippen molar-refractivity contribution in [2.45, 2.75) is 0 Å². The lowest BCUT2D eigenvalue weighted by Gasteiger charge is -2.13. The average molecular weight is 503 g/mol. The largest absolute Gasteiger partial charge is 0.494 e. The van der Waals surface area contributed by atoms with Crippen LogP contribution in [0.4, 0.5) is 0 Å². The molecular formula is C28H22N8O2. The summed E-state index contributed by atoms with van der Waals surface area (Å²) in [5.74, 6) is 1.30. The first-order valence-electron chi connectivity index (χ1n) is 11.8. The first kappa shape index (κ1) is 23.0. The molecule has 0 aliphatic heterocycles. The van der Waals surface area contributed by atoms with Crippen molar-refractivity contribution in [2.24, 2.45) is 0 Å². The van der Waals surface area contributed by atoms with Gasteiger partial charge in [0.2, 0.25) is 0 Å². The summed E-state index contributed by atoms with van der Waals surface area (Å²) >= 11 is 0. The molecule has 10 heteroatoms.